The molecule has 1 aromatic heterocycles. The summed E-state index contributed by atoms with van der Waals surface area (Å²) in [6.45, 7) is 6.93. The molecular formula is C13H22BrN3O2. The van der Waals surface area contributed by atoms with Crippen LogP contribution in [0.25, 0.3) is 0 Å². The quantitative estimate of drug-likeness (QED) is 0.898. The Labute approximate surface area is 122 Å². The molecule has 0 radical (unpaired) electrons. The molecule has 0 spiro atoms. The van der Waals surface area contributed by atoms with Crippen LogP contribution in [0.15, 0.2) is 10.7 Å². The van der Waals surface area contributed by atoms with Gasteiger partial charge in [-0.2, -0.15) is 5.10 Å². The minimum atomic E-state index is -0.345. The minimum Gasteiger partial charge on any atom is -0.381 e. The molecule has 1 saturated heterocycles. The lowest BCUT2D eigenvalue weighted by Gasteiger charge is -2.41. The third kappa shape index (κ3) is 2.86. The van der Waals surface area contributed by atoms with Crippen LogP contribution in [0.2, 0.25) is 0 Å². The molecule has 0 aromatic carbocycles. The molecule has 1 atom stereocenters. The van der Waals surface area contributed by atoms with Gasteiger partial charge in [-0.1, -0.05) is 0 Å². The Kier molecular flexibility index (Phi) is 5.00. The molecule has 0 saturated carbocycles. The Morgan fingerprint density at radius 1 is 1.53 bits per heavy atom. The highest BCUT2D eigenvalue weighted by Gasteiger charge is 2.42. The van der Waals surface area contributed by atoms with Crippen molar-refractivity contribution >= 4 is 15.9 Å². The summed E-state index contributed by atoms with van der Waals surface area (Å²) in [6.07, 6.45) is 3.45. The van der Waals surface area contributed by atoms with Crippen LogP contribution in [0.4, 0.5) is 0 Å². The van der Waals surface area contributed by atoms with Crippen molar-refractivity contribution in [2.75, 3.05) is 19.8 Å². The van der Waals surface area contributed by atoms with Gasteiger partial charge in [0.2, 0.25) is 0 Å². The molecule has 108 valence electrons. The van der Waals surface area contributed by atoms with Gasteiger partial charge in [-0.05, 0) is 29.8 Å². The van der Waals surface area contributed by atoms with Crippen molar-refractivity contribution in [2.45, 2.75) is 44.9 Å². The van der Waals surface area contributed by atoms with Gasteiger partial charge in [-0.25, -0.2) is 0 Å². The summed E-state index contributed by atoms with van der Waals surface area (Å²) >= 11 is 3.55. The van der Waals surface area contributed by atoms with E-state index in [1.807, 2.05) is 11.6 Å². The van der Waals surface area contributed by atoms with Crippen molar-refractivity contribution in [1.82, 2.24) is 9.78 Å². The summed E-state index contributed by atoms with van der Waals surface area (Å²) in [4.78, 5) is 0. The summed E-state index contributed by atoms with van der Waals surface area (Å²) in [7, 11) is 0. The molecule has 1 aliphatic rings. The summed E-state index contributed by atoms with van der Waals surface area (Å²) in [5.41, 5.74) is 7.21. The van der Waals surface area contributed by atoms with Crippen LogP contribution in [-0.2, 0) is 16.0 Å². The fraction of sp³-hybridized carbons (Fsp3) is 0.769. The standard InChI is InChI=1S/C13H22BrN3O2/c1-3-17-11(10(14)9-16-17)12(15)13(19-4-2)5-7-18-8-6-13/h9,12H,3-8,15H2,1-2H3. The first-order valence-corrected chi connectivity index (χ1v) is 7.62. The molecule has 1 fully saturated rings. The number of halogens is 1. The molecule has 0 bridgehead atoms. The van der Waals surface area contributed by atoms with Gasteiger partial charge in [0.05, 0.1) is 28.0 Å². The topological polar surface area (TPSA) is 62.3 Å². The SMILES string of the molecule is CCOC1(C(N)c2c(Br)cnn2CC)CCOCC1. The maximum Gasteiger partial charge on any atom is 0.0933 e. The number of aromatic nitrogens is 2. The molecule has 2 N–H and O–H groups in total. The van der Waals surface area contributed by atoms with Crippen LogP contribution in [0.3, 0.4) is 0 Å². The normalized spacial score (nSPS) is 20.4. The van der Waals surface area contributed by atoms with E-state index in [1.165, 1.54) is 0 Å². The van der Waals surface area contributed by atoms with Crippen molar-refractivity contribution in [1.29, 1.82) is 0 Å². The van der Waals surface area contributed by atoms with Crippen LogP contribution in [0.1, 0.15) is 38.4 Å². The zero-order valence-electron chi connectivity index (χ0n) is 11.6. The van der Waals surface area contributed by atoms with Crippen molar-refractivity contribution in [3.63, 3.8) is 0 Å². The van der Waals surface area contributed by atoms with E-state index in [1.54, 1.807) is 6.20 Å². The average molecular weight is 332 g/mol. The van der Waals surface area contributed by atoms with Gasteiger partial charge in [0.1, 0.15) is 0 Å². The highest BCUT2D eigenvalue weighted by molar-refractivity contribution is 9.10. The minimum absolute atomic E-state index is 0.201. The third-order valence-electron chi connectivity index (χ3n) is 3.77. The molecule has 1 aliphatic heterocycles. The van der Waals surface area contributed by atoms with E-state index in [9.17, 15) is 0 Å². The molecule has 0 amide bonds. The monoisotopic (exact) mass is 331 g/mol. The highest BCUT2D eigenvalue weighted by Crippen LogP contribution is 2.38. The fourth-order valence-corrected chi connectivity index (χ4v) is 3.27. The largest absolute Gasteiger partial charge is 0.381 e. The number of hydrogen-bond donors (Lipinski definition) is 1. The molecule has 2 heterocycles. The third-order valence-corrected chi connectivity index (χ3v) is 4.38. The number of nitrogens with two attached hydrogens (primary N) is 1. The van der Waals surface area contributed by atoms with Gasteiger partial charge >= 0.3 is 0 Å². The first-order chi connectivity index (χ1) is 9.14. The van der Waals surface area contributed by atoms with Gasteiger partial charge in [-0.3, -0.25) is 4.68 Å². The lowest BCUT2D eigenvalue weighted by Crippen LogP contribution is -2.48. The average Bonchev–Trinajstić information content (AvgIpc) is 2.80. The summed E-state index contributed by atoms with van der Waals surface area (Å²) in [5.74, 6) is 0. The van der Waals surface area contributed by atoms with Gasteiger partial charge in [0.25, 0.3) is 0 Å². The Hall–Kier alpha value is -0.430. The second kappa shape index (κ2) is 6.35. The first-order valence-electron chi connectivity index (χ1n) is 6.83. The number of aryl methyl sites for hydroxylation is 1. The van der Waals surface area contributed by atoms with E-state index in [2.05, 4.69) is 28.0 Å². The molecular weight excluding hydrogens is 310 g/mol. The molecule has 6 heteroatoms. The lowest BCUT2D eigenvalue weighted by atomic mass is 9.84. The Morgan fingerprint density at radius 3 is 2.79 bits per heavy atom. The molecule has 2 rings (SSSR count). The number of rotatable bonds is 5. The zero-order chi connectivity index (χ0) is 13.9. The van der Waals surface area contributed by atoms with Crippen molar-refractivity contribution in [2.24, 2.45) is 5.73 Å². The van der Waals surface area contributed by atoms with E-state index < -0.39 is 0 Å². The Balaban J connectivity index is 2.32. The van der Waals surface area contributed by atoms with Crippen molar-refractivity contribution < 1.29 is 9.47 Å². The van der Waals surface area contributed by atoms with Gasteiger partial charge in [0.15, 0.2) is 0 Å². The summed E-state index contributed by atoms with van der Waals surface area (Å²) in [6, 6.07) is -0.201. The highest BCUT2D eigenvalue weighted by atomic mass is 79.9. The van der Waals surface area contributed by atoms with E-state index in [-0.39, 0.29) is 11.6 Å². The van der Waals surface area contributed by atoms with E-state index in [0.29, 0.717) is 19.8 Å². The van der Waals surface area contributed by atoms with E-state index >= 15 is 0 Å². The second-order valence-electron chi connectivity index (χ2n) is 4.78. The Bertz CT molecular complexity index is 411. The smallest absolute Gasteiger partial charge is 0.0933 e. The molecule has 19 heavy (non-hydrogen) atoms. The zero-order valence-corrected chi connectivity index (χ0v) is 13.1. The number of hydrogen-bond acceptors (Lipinski definition) is 4. The lowest BCUT2D eigenvalue weighted by molar-refractivity contribution is -0.123. The molecule has 1 unspecified atom stereocenters. The van der Waals surface area contributed by atoms with Crippen LogP contribution >= 0.6 is 15.9 Å². The summed E-state index contributed by atoms with van der Waals surface area (Å²) < 4.78 is 14.4. The van der Waals surface area contributed by atoms with Gasteiger partial charge in [0, 0.05) is 39.2 Å². The van der Waals surface area contributed by atoms with Gasteiger partial charge < -0.3 is 15.2 Å². The predicted molar refractivity (Wildman–Crippen MR) is 76.9 cm³/mol. The van der Waals surface area contributed by atoms with Crippen LogP contribution in [-0.4, -0.2) is 35.2 Å². The van der Waals surface area contributed by atoms with Crippen LogP contribution < -0.4 is 5.73 Å². The fourth-order valence-electron chi connectivity index (χ4n) is 2.73. The molecule has 0 aliphatic carbocycles. The van der Waals surface area contributed by atoms with E-state index in [4.69, 9.17) is 15.2 Å². The van der Waals surface area contributed by atoms with E-state index in [0.717, 1.165) is 29.6 Å². The van der Waals surface area contributed by atoms with Crippen molar-refractivity contribution in [3.8, 4) is 0 Å². The Morgan fingerprint density at radius 2 is 2.21 bits per heavy atom. The number of ether oxygens (including phenoxy) is 2. The number of nitrogens with zero attached hydrogens (tertiary/aromatic N) is 2. The van der Waals surface area contributed by atoms with Crippen LogP contribution in [0, 0.1) is 0 Å². The van der Waals surface area contributed by atoms with Crippen molar-refractivity contribution in [3.05, 3.63) is 16.4 Å². The second-order valence-corrected chi connectivity index (χ2v) is 5.64. The predicted octanol–water partition coefficient (Wildman–Crippen LogP) is 2.25. The molecule has 5 nitrogen and oxygen atoms in total. The van der Waals surface area contributed by atoms with Gasteiger partial charge in [-0.15, -0.1) is 0 Å². The summed E-state index contributed by atoms with van der Waals surface area (Å²) in [5, 5.41) is 4.34. The first kappa shape index (κ1) is 15.0. The maximum absolute atomic E-state index is 6.54. The maximum atomic E-state index is 6.54. The van der Waals surface area contributed by atoms with Crippen LogP contribution in [0.5, 0.6) is 0 Å². The molecule has 1 aromatic rings.